The van der Waals surface area contributed by atoms with Gasteiger partial charge in [-0.2, -0.15) is 22.0 Å². The maximum absolute atomic E-state index is 11.9. The van der Waals surface area contributed by atoms with E-state index < -0.39 is 29.6 Å². The van der Waals surface area contributed by atoms with E-state index in [9.17, 15) is 22.0 Å². The Labute approximate surface area is 85.4 Å². The topological polar surface area (TPSA) is 22.1 Å². The number of pyridine rings is 1. The van der Waals surface area contributed by atoms with Crippen LogP contribution in [0.15, 0.2) is 17.2 Å². The van der Waals surface area contributed by atoms with Crippen LogP contribution in [0.25, 0.3) is 0 Å². The first-order chi connectivity index (χ1) is 6.87. The molecule has 8 heteroatoms. The van der Waals surface area contributed by atoms with Gasteiger partial charge in [-0.25, -0.2) is 4.98 Å². The lowest BCUT2D eigenvalue weighted by Crippen LogP contribution is -2.03. The van der Waals surface area contributed by atoms with Gasteiger partial charge in [-0.3, -0.25) is 0 Å². The monoisotopic (exact) mass is 244 g/mol. The molecule has 0 saturated heterocycles. The van der Waals surface area contributed by atoms with E-state index in [0.717, 1.165) is 12.3 Å². The van der Waals surface area contributed by atoms with Gasteiger partial charge in [-0.15, -0.1) is 0 Å². The van der Waals surface area contributed by atoms with E-state index in [-0.39, 0.29) is 4.90 Å². The molecule has 0 aliphatic rings. The van der Waals surface area contributed by atoms with Crippen molar-refractivity contribution in [3.63, 3.8) is 0 Å². The average molecular weight is 244 g/mol. The number of hydrogen-bond donors (Lipinski definition) is 0. The summed E-state index contributed by atoms with van der Waals surface area (Å²) in [7, 11) is 0. The quantitative estimate of drug-likeness (QED) is 0.602. The van der Waals surface area contributed by atoms with Gasteiger partial charge in [0.2, 0.25) is 0 Å². The van der Waals surface area contributed by atoms with Gasteiger partial charge in [0.15, 0.2) is 5.75 Å². The molecule has 83 valence electrons. The standard InChI is InChI=1S/C7H3F5NOS/c8-6(9)14-4-1-5(3-13-2-4)15-7(10,11)12/h1,3,6H. The molecule has 1 aromatic heterocycles. The van der Waals surface area contributed by atoms with Crippen molar-refractivity contribution in [2.45, 2.75) is 17.0 Å². The summed E-state index contributed by atoms with van der Waals surface area (Å²) in [6.07, 6.45) is 2.85. The summed E-state index contributed by atoms with van der Waals surface area (Å²) in [5.74, 6) is -0.528. The molecule has 0 unspecified atom stereocenters. The van der Waals surface area contributed by atoms with Crippen LogP contribution in [-0.4, -0.2) is 17.1 Å². The average Bonchev–Trinajstić information content (AvgIpc) is 1.99. The molecule has 0 aliphatic carbocycles. The second kappa shape index (κ2) is 4.65. The Morgan fingerprint density at radius 2 is 2.07 bits per heavy atom. The fourth-order valence-electron chi connectivity index (χ4n) is 0.704. The molecule has 1 aromatic rings. The van der Waals surface area contributed by atoms with Crippen LogP contribution in [0.1, 0.15) is 0 Å². The fraction of sp³-hybridized carbons (Fsp3) is 0.286. The molecule has 0 atom stereocenters. The van der Waals surface area contributed by atoms with Crippen LogP contribution in [0.4, 0.5) is 22.0 Å². The Morgan fingerprint density at radius 3 is 2.60 bits per heavy atom. The zero-order chi connectivity index (χ0) is 11.5. The second-order valence-electron chi connectivity index (χ2n) is 2.21. The summed E-state index contributed by atoms with van der Waals surface area (Å²) in [4.78, 5) is 2.88. The lowest BCUT2D eigenvalue weighted by molar-refractivity contribution is -0.0504. The van der Waals surface area contributed by atoms with Crippen molar-refractivity contribution in [3.05, 3.63) is 18.5 Å². The number of halogens is 5. The van der Waals surface area contributed by atoms with Gasteiger partial charge in [0.05, 0.1) is 0 Å². The van der Waals surface area contributed by atoms with Gasteiger partial charge in [0, 0.05) is 11.1 Å². The molecule has 0 N–H and O–H groups in total. The molecule has 0 saturated carbocycles. The molecular weight excluding hydrogens is 241 g/mol. The Bertz CT molecular complexity index is 329. The fourth-order valence-corrected chi connectivity index (χ4v) is 1.24. The molecule has 1 rings (SSSR count). The zero-order valence-corrected chi connectivity index (χ0v) is 7.70. The smallest absolute Gasteiger partial charge is 0.432 e. The van der Waals surface area contributed by atoms with Crippen molar-refractivity contribution in [2.75, 3.05) is 0 Å². The number of thioether (sulfide) groups is 1. The minimum Gasteiger partial charge on any atom is -0.432 e. The van der Waals surface area contributed by atoms with E-state index in [0.29, 0.717) is 0 Å². The predicted molar refractivity (Wildman–Crippen MR) is 41.6 cm³/mol. The molecule has 1 heterocycles. The summed E-state index contributed by atoms with van der Waals surface area (Å²) < 4.78 is 62.8. The van der Waals surface area contributed by atoms with Crippen molar-refractivity contribution in [1.29, 1.82) is 0 Å². The second-order valence-corrected chi connectivity index (χ2v) is 3.35. The molecule has 15 heavy (non-hydrogen) atoms. The first kappa shape index (κ1) is 12.0. The number of alkyl halides is 5. The van der Waals surface area contributed by atoms with Crippen LogP contribution in [0.2, 0.25) is 0 Å². The number of aromatic nitrogens is 1. The highest BCUT2D eigenvalue weighted by atomic mass is 32.2. The van der Waals surface area contributed by atoms with Gasteiger partial charge in [0.25, 0.3) is 0 Å². The number of hydrogen-bond acceptors (Lipinski definition) is 3. The van der Waals surface area contributed by atoms with E-state index in [1.54, 1.807) is 0 Å². The third-order valence-electron chi connectivity index (χ3n) is 1.09. The first-order valence-electron chi connectivity index (χ1n) is 3.45. The van der Waals surface area contributed by atoms with Crippen LogP contribution < -0.4 is 4.74 Å². The van der Waals surface area contributed by atoms with Crippen molar-refractivity contribution < 1.29 is 26.7 Å². The summed E-state index contributed by atoms with van der Waals surface area (Å²) >= 11 is -0.465. The molecule has 0 fully saturated rings. The van der Waals surface area contributed by atoms with Crippen molar-refractivity contribution in [1.82, 2.24) is 4.98 Å². The van der Waals surface area contributed by atoms with Gasteiger partial charge < -0.3 is 4.74 Å². The maximum atomic E-state index is 11.9. The number of ether oxygens (including phenoxy) is 1. The summed E-state index contributed by atoms with van der Waals surface area (Å²) in [5.41, 5.74) is -4.49. The lowest BCUT2D eigenvalue weighted by atomic mass is 10.5. The Balaban J connectivity index is 2.74. The van der Waals surface area contributed by atoms with Gasteiger partial charge >= 0.3 is 12.1 Å². The van der Waals surface area contributed by atoms with Crippen LogP contribution in [-0.2, 0) is 0 Å². The molecule has 0 aromatic carbocycles. The molecule has 0 amide bonds. The van der Waals surface area contributed by atoms with E-state index in [1.807, 2.05) is 6.20 Å². The lowest BCUT2D eigenvalue weighted by Gasteiger charge is -2.07. The summed E-state index contributed by atoms with van der Waals surface area (Å²) in [6.45, 7) is -3.12. The highest BCUT2D eigenvalue weighted by Gasteiger charge is 2.29. The molecule has 2 nitrogen and oxygen atoms in total. The van der Waals surface area contributed by atoms with Gasteiger partial charge in [-0.05, 0) is 17.8 Å². The minimum atomic E-state index is -4.49. The summed E-state index contributed by atoms with van der Waals surface area (Å²) in [5, 5.41) is 0. The van der Waals surface area contributed by atoms with Crippen LogP contribution in [0.3, 0.4) is 0 Å². The Morgan fingerprint density at radius 1 is 1.40 bits per heavy atom. The van der Waals surface area contributed by atoms with E-state index in [2.05, 4.69) is 9.72 Å². The van der Waals surface area contributed by atoms with Crippen molar-refractivity contribution in [3.8, 4) is 5.75 Å². The highest BCUT2D eigenvalue weighted by Crippen LogP contribution is 2.37. The van der Waals surface area contributed by atoms with Crippen LogP contribution in [0, 0.1) is 6.20 Å². The molecule has 0 aliphatic heterocycles. The molecule has 0 bridgehead atoms. The van der Waals surface area contributed by atoms with Gasteiger partial charge in [0.1, 0.15) is 6.20 Å². The van der Waals surface area contributed by atoms with Crippen LogP contribution >= 0.6 is 11.8 Å². The van der Waals surface area contributed by atoms with Crippen LogP contribution in [0.5, 0.6) is 5.75 Å². The normalized spacial score (nSPS) is 11.9. The van der Waals surface area contributed by atoms with E-state index in [4.69, 9.17) is 0 Å². The third-order valence-corrected chi connectivity index (χ3v) is 1.78. The Kier molecular flexibility index (Phi) is 3.72. The van der Waals surface area contributed by atoms with E-state index >= 15 is 0 Å². The number of rotatable bonds is 3. The first-order valence-corrected chi connectivity index (χ1v) is 4.27. The molecular formula is C7H3F5NOS. The highest BCUT2D eigenvalue weighted by molar-refractivity contribution is 8.00. The zero-order valence-electron chi connectivity index (χ0n) is 6.89. The largest absolute Gasteiger partial charge is 0.446 e. The molecule has 0 spiro atoms. The Hall–Kier alpha value is -1.05. The maximum Gasteiger partial charge on any atom is 0.446 e. The van der Waals surface area contributed by atoms with Crippen molar-refractivity contribution in [2.24, 2.45) is 0 Å². The number of nitrogens with zero attached hydrogens (tertiary/aromatic N) is 1. The minimum absolute atomic E-state index is 0.336. The summed E-state index contributed by atoms with van der Waals surface area (Å²) in [6, 6.07) is 0.789. The predicted octanol–water partition coefficient (Wildman–Crippen LogP) is 3.10. The van der Waals surface area contributed by atoms with Gasteiger partial charge in [-0.1, -0.05) is 0 Å². The van der Waals surface area contributed by atoms with Crippen molar-refractivity contribution >= 4 is 11.8 Å². The third kappa shape index (κ3) is 4.82. The van der Waals surface area contributed by atoms with E-state index in [1.165, 1.54) is 0 Å². The molecule has 1 radical (unpaired) electrons. The SMILES string of the molecule is FC(F)Oc1[c]ncc(SC(F)(F)F)c1.